The van der Waals surface area contributed by atoms with Gasteiger partial charge in [0.1, 0.15) is 18.1 Å². The summed E-state index contributed by atoms with van der Waals surface area (Å²) < 4.78 is 6.36. The molecule has 8 nitrogen and oxygen atoms in total. The van der Waals surface area contributed by atoms with E-state index < -0.39 is 29.6 Å². The Kier molecular flexibility index (Phi) is 7.36. The van der Waals surface area contributed by atoms with Gasteiger partial charge in [-0.1, -0.05) is 23.2 Å². The van der Waals surface area contributed by atoms with Crippen LogP contribution in [0, 0.1) is 0 Å². The summed E-state index contributed by atoms with van der Waals surface area (Å²) in [5.74, 6) is -1.76. The first-order chi connectivity index (χ1) is 16.6. The van der Waals surface area contributed by atoms with Gasteiger partial charge < -0.3 is 14.8 Å². The highest BCUT2D eigenvalue weighted by atomic mass is 79.9. The minimum absolute atomic E-state index is 0.0769. The molecule has 1 aromatic heterocycles. The van der Waals surface area contributed by atoms with Crippen molar-refractivity contribution in [3.05, 3.63) is 79.3 Å². The van der Waals surface area contributed by atoms with Crippen LogP contribution >= 0.6 is 50.9 Å². The first-order valence-electron chi connectivity index (χ1n) is 9.75. The Bertz CT molecular complexity index is 1420. The Balaban J connectivity index is 1.47. The third kappa shape index (κ3) is 5.62. The number of halogens is 3. The highest BCUT2D eigenvalue weighted by molar-refractivity contribution is 9.10. The zero-order chi connectivity index (χ0) is 25.3. The van der Waals surface area contributed by atoms with Crippen molar-refractivity contribution in [2.45, 2.75) is 0 Å². The summed E-state index contributed by atoms with van der Waals surface area (Å²) in [6.07, 6.45) is 1.38. The largest absolute Gasteiger partial charge is 0.478 e. The fraction of sp³-hybridized carbons (Fsp3) is 0.0435. The van der Waals surface area contributed by atoms with Crippen LogP contribution in [0.25, 0.3) is 17.4 Å². The second-order valence-electron chi connectivity index (χ2n) is 7.15. The van der Waals surface area contributed by atoms with Gasteiger partial charge in [-0.2, -0.15) is 0 Å². The van der Waals surface area contributed by atoms with E-state index in [0.717, 1.165) is 4.90 Å². The van der Waals surface area contributed by atoms with Crippen molar-refractivity contribution in [1.82, 2.24) is 4.90 Å². The average molecular weight is 596 g/mol. The van der Waals surface area contributed by atoms with Gasteiger partial charge in [0.05, 0.1) is 20.5 Å². The predicted molar refractivity (Wildman–Crippen MR) is 137 cm³/mol. The van der Waals surface area contributed by atoms with Crippen LogP contribution < -0.4 is 5.32 Å². The van der Waals surface area contributed by atoms with Crippen molar-refractivity contribution in [1.29, 1.82) is 0 Å². The standard InChI is InChI=1S/C23H13BrCl2N2O6S/c24-15-4-2-12(8-17(15)26)27-20(29)10-28-21(30)19(35-23(28)33)9-13-3-6-18(34-13)11-1-5-16(25)14(7-11)22(31)32/h1-9H,10H2,(H,27,29)(H,31,32)/b19-9+. The van der Waals surface area contributed by atoms with E-state index in [-0.39, 0.29) is 21.3 Å². The molecule has 1 saturated heterocycles. The normalized spacial score (nSPS) is 14.6. The summed E-state index contributed by atoms with van der Waals surface area (Å²) >= 11 is 15.8. The van der Waals surface area contributed by atoms with E-state index in [4.69, 9.17) is 27.6 Å². The molecule has 0 aliphatic carbocycles. The fourth-order valence-corrected chi connectivity index (χ4v) is 4.56. The van der Waals surface area contributed by atoms with Crippen molar-refractivity contribution in [3.8, 4) is 11.3 Å². The summed E-state index contributed by atoms with van der Waals surface area (Å²) in [5.41, 5.74) is 0.818. The van der Waals surface area contributed by atoms with E-state index in [1.807, 2.05) is 0 Å². The minimum atomic E-state index is -1.18. The van der Waals surface area contributed by atoms with Gasteiger partial charge in [0, 0.05) is 21.8 Å². The van der Waals surface area contributed by atoms with Gasteiger partial charge in [-0.3, -0.25) is 19.3 Å². The first kappa shape index (κ1) is 25.1. The number of carbonyl (C=O) groups is 4. The van der Waals surface area contributed by atoms with Gasteiger partial charge >= 0.3 is 5.97 Å². The molecule has 3 aromatic rings. The van der Waals surface area contributed by atoms with E-state index in [2.05, 4.69) is 21.2 Å². The number of carboxylic acid groups (broad SMARTS) is 1. The van der Waals surface area contributed by atoms with Crippen molar-refractivity contribution in [3.63, 3.8) is 0 Å². The summed E-state index contributed by atoms with van der Waals surface area (Å²) in [6.45, 7) is -0.470. The third-order valence-corrected chi connectivity index (χ3v) is 7.23. The number of hydrogen-bond donors (Lipinski definition) is 2. The topological polar surface area (TPSA) is 117 Å². The van der Waals surface area contributed by atoms with E-state index in [1.54, 1.807) is 30.3 Å². The number of benzene rings is 2. The second-order valence-corrected chi connectivity index (χ2v) is 9.81. The molecule has 0 bridgehead atoms. The fourth-order valence-electron chi connectivity index (χ4n) is 3.11. The molecular weight excluding hydrogens is 583 g/mol. The number of nitrogens with one attached hydrogen (secondary N) is 1. The Labute approximate surface area is 221 Å². The molecule has 1 fully saturated rings. The van der Waals surface area contributed by atoms with Crippen LogP contribution in [-0.2, 0) is 9.59 Å². The van der Waals surface area contributed by atoms with E-state index in [0.29, 0.717) is 38.3 Å². The van der Waals surface area contributed by atoms with Crippen LogP contribution in [0.4, 0.5) is 10.5 Å². The zero-order valence-corrected chi connectivity index (χ0v) is 21.3. The molecule has 0 saturated carbocycles. The number of hydrogen-bond acceptors (Lipinski definition) is 6. The Morgan fingerprint density at radius 3 is 2.57 bits per heavy atom. The second kappa shape index (κ2) is 10.3. The number of furan rings is 1. The monoisotopic (exact) mass is 594 g/mol. The minimum Gasteiger partial charge on any atom is -0.478 e. The molecule has 0 atom stereocenters. The van der Waals surface area contributed by atoms with Crippen molar-refractivity contribution in [2.24, 2.45) is 0 Å². The lowest BCUT2D eigenvalue weighted by molar-refractivity contribution is -0.127. The van der Waals surface area contributed by atoms with Crippen LogP contribution in [0.1, 0.15) is 16.1 Å². The highest BCUT2D eigenvalue weighted by Gasteiger charge is 2.36. The van der Waals surface area contributed by atoms with Gasteiger partial charge in [-0.15, -0.1) is 0 Å². The molecule has 0 spiro atoms. The van der Waals surface area contributed by atoms with E-state index in [1.165, 1.54) is 24.3 Å². The van der Waals surface area contributed by atoms with E-state index >= 15 is 0 Å². The molecule has 0 unspecified atom stereocenters. The molecular formula is C23H13BrCl2N2O6S. The lowest BCUT2D eigenvalue weighted by atomic mass is 10.1. The molecule has 0 radical (unpaired) electrons. The predicted octanol–water partition coefficient (Wildman–Crippen LogP) is 6.39. The van der Waals surface area contributed by atoms with Crippen LogP contribution in [0.5, 0.6) is 0 Å². The van der Waals surface area contributed by atoms with Gasteiger partial charge in [0.15, 0.2) is 0 Å². The number of thioether (sulfide) groups is 1. The van der Waals surface area contributed by atoms with Crippen LogP contribution in [0.3, 0.4) is 0 Å². The zero-order valence-electron chi connectivity index (χ0n) is 17.4. The maximum absolute atomic E-state index is 12.7. The summed E-state index contributed by atoms with van der Waals surface area (Å²) in [4.78, 5) is 49.7. The maximum Gasteiger partial charge on any atom is 0.337 e. The van der Waals surface area contributed by atoms with Crippen LogP contribution in [0.2, 0.25) is 10.0 Å². The number of imide groups is 1. The Morgan fingerprint density at radius 2 is 1.86 bits per heavy atom. The van der Waals surface area contributed by atoms with Crippen LogP contribution in [-0.4, -0.2) is 39.6 Å². The van der Waals surface area contributed by atoms with E-state index in [9.17, 15) is 24.3 Å². The van der Waals surface area contributed by atoms with Crippen molar-refractivity contribution < 1.29 is 28.7 Å². The summed E-state index contributed by atoms with van der Waals surface area (Å²) in [5, 5.41) is 11.7. The quantitative estimate of drug-likeness (QED) is 0.317. The van der Waals surface area contributed by atoms with Gasteiger partial charge in [-0.05, 0) is 76.2 Å². The van der Waals surface area contributed by atoms with Gasteiger partial charge in [0.2, 0.25) is 5.91 Å². The number of carboxylic acids is 1. The molecule has 178 valence electrons. The highest BCUT2D eigenvalue weighted by Crippen LogP contribution is 2.34. The number of aromatic carboxylic acids is 1. The molecule has 12 heteroatoms. The maximum atomic E-state index is 12.7. The molecule has 3 amide bonds. The molecule has 4 rings (SSSR count). The molecule has 2 N–H and O–H groups in total. The number of carbonyl (C=O) groups excluding carboxylic acids is 3. The van der Waals surface area contributed by atoms with Crippen molar-refractivity contribution >= 4 is 85.7 Å². The van der Waals surface area contributed by atoms with Crippen molar-refractivity contribution in [2.75, 3.05) is 11.9 Å². The molecule has 1 aliphatic rings. The summed E-state index contributed by atoms with van der Waals surface area (Å²) in [7, 11) is 0. The lowest BCUT2D eigenvalue weighted by Crippen LogP contribution is -2.36. The smallest absolute Gasteiger partial charge is 0.337 e. The summed E-state index contributed by atoms with van der Waals surface area (Å²) in [6, 6.07) is 12.4. The first-order valence-corrected chi connectivity index (χ1v) is 12.1. The molecule has 2 heterocycles. The lowest BCUT2D eigenvalue weighted by Gasteiger charge is -2.12. The molecule has 1 aliphatic heterocycles. The molecule has 2 aromatic carbocycles. The third-order valence-electron chi connectivity index (χ3n) is 4.76. The Morgan fingerprint density at radius 1 is 1.09 bits per heavy atom. The number of nitrogens with zero attached hydrogens (tertiary/aromatic N) is 1. The van der Waals surface area contributed by atoms with Gasteiger partial charge in [-0.25, -0.2) is 4.79 Å². The molecule has 35 heavy (non-hydrogen) atoms. The number of amides is 3. The Hall–Kier alpha value is -3.05. The van der Waals surface area contributed by atoms with Crippen LogP contribution in [0.15, 0.2) is 62.3 Å². The number of rotatable bonds is 6. The van der Waals surface area contributed by atoms with Gasteiger partial charge in [0.25, 0.3) is 11.1 Å². The average Bonchev–Trinajstić information content (AvgIpc) is 3.37. The SMILES string of the molecule is O=C(CN1C(=O)S/C(=C/c2ccc(-c3ccc(Cl)c(C(=O)O)c3)o2)C1=O)Nc1ccc(Br)c(Cl)c1. The number of anilines is 1.